The number of pyridine rings is 2. The lowest BCUT2D eigenvalue weighted by atomic mass is 9.94. The summed E-state index contributed by atoms with van der Waals surface area (Å²) in [5, 5.41) is 8.23. The molecule has 2 aromatic heterocycles. The number of ketones is 1. The Hall–Kier alpha value is -3.30. The number of hydrogen-bond acceptors (Lipinski definition) is 7. The number of fused-ring (bicyclic) bond motifs is 1. The lowest BCUT2D eigenvalue weighted by molar-refractivity contribution is -0.141. The minimum absolute atomic E-state index is 0.0264. The van der Waals surface area contributed by atoms with E-state index < -0.39 is 28.6 Å². The van der Waals surface area contributed by atoms with Crippen molar-refractivity contribution in [1.29, 1.82) is 0 Å². The van der Waals surface area contributed by atoms with Crippen molar-refractivity contribution in [1.82, 2.24) is 9.97 Å². The van der Waals surface area contributed by atoms with E-state index in [2.05, 4.69) is 26.3 Å². The van der Waals surface area contributed by atoms with Crippen LogP contribution in [0, 0.1) is 12.3 Å². The maximum absolute atomic E-state index is 13.3. The molecule has 0 N–H and O–H groups in total. The molecule has 0 atom stereocenters. The summed E-state index contributed by atoms with van der Waals surface area (Å²) >= 11 is 0. The molecule has 0 aliphatic heterocycles. The molecule has 10 heteroatoms. The topological polar surface area (TPSA) is 86.0 Å². The van der Waals surface area contributed by atoms with Gasteiger partial charge in [0.25, 0.3) is 0 Å². The van der Waals surface area contributed by atoms with Crippen molar-refractivity contribution in [2.75, 3.05) is 13.2 Å². The third kappa shape index (κ3) is 6.86. The first-order valence-electron chi connectivity index (χ1n) is 11.3. The van der Waals surface area contributed by atoms with Gasteiger partial charge in [-0.15, -0.1) is 0 Å². The Kier molecular flexibility index (Phi) is 7.92. The van der Waals surface area contributed by atoms with Crippen LogP contribution in [0.2, 0.25) is 0 Å². The fourth-order valence-corrected chi connectivity index (χ4v) is 3.53. The predicted octanol–water partition coefficient (Wildman–Crippen LogP) is 5.53. The van der Waals surface area contributed by atoms with Gasteiger partial charge in [0.15, 0.2) is 11.5 Å². The Morgan fingerprint density at radius 3 is 2.43 bits per heavy atom. The SMILES string of the molecule is CC(=O)c1ccc(/C(C)=N\OCC(C)(C)CO/N=C2\CCCc3ccc(C)nc32)nc1C(F)(F)F. The first-order chi connectivity index (χ1) is 16.4. The molecular weight excluding hydrogens is 461 g/mol. The number of alkyl halides is 3. The minimum Gasteiger partial charge on any atom is -0.395 e. The number of carbonyl (C=O) groups excluding carboxylic acids is 1. The number of Topliss-reactive ketones (excluding diaryl/α,β-unsaturated/α-hetero) is 1. The van der Waals surface area contributed by atoms with Crippen molar-refractivity contribution in [3.05, 3.63) is 58.2 Å². The van der Waals surface area contributed by atoms with Crippen LogP contribution in [0.15, 0.2) is 34.6 Å². The Bertz CT molecular complexity index is 1160. The summed E-state index contributed by atoms with van der Waals surface area (Å²) < 4.78 is 39.9. The number of hydrogen-bond donors (Lipinski definition) is 0. The third-order valence-electron chi connectivity index (χ3n) is 5.45. The quantitative estimate of drug-likeness (QED) is 0.276. The van der Waals surface area contributed by atoms with Crippen LogP contribution < -0.4 is 0 Å². The van der Waals surface area contributed by atoms with Crippen LogP contribution in [0.4, 0.5) is 13.2 Å². The lowest BCUT2D eigenvalue weighted by Crippen LogP contribution is -2.25. The second-order valence-electron chi connectivity index (χ2n) is 9.39. The van der Waals surface area contributed by atoms with Crippen LogP contribution in [0.1, 0.15) is 79.2 Å². The maximum Gasteiger partial charge on any atom is 0.434 e. The van der Waals surface area contributed by atoms with Gasteiger partial charge in [0, 0.05) is 16.7 Å². The molecule has 0 fully saturated rings. The molecular formula is C25H29F3N4O3. The van der Waals surface area contributed by atoms with Crippen molar-refractivity contribution in [2.24, 2.45) is 15.7 Å². The molecule has 0 bridgehead atoms. The molecule has 7 nitrogen and oxygen atoms in total. The van der Waals surface area contributed by atoms with Crippen molar-refractivity contribution in [2.45, 2.75) is 60.1 Å². The summed E-state index contributed by atoms with van der Waals surface area (Å²) in [5.74, 6) is -0.713. The molecule has 0 aromatic carbocycles. The van der Waals surface area contributed by atoms with Gasteiger partial charge in [-0.2, -0.15) is 13.2 Å². The number of nitrogens with zero attached hydrogens (tertiary/aromatic N) is 4. The molecule has 1 aliphatic carbocycles. The van der Waals surface area contributed by atoms with E-state index in [1.165, 1.54) is 13.0 Å². The van der Waals surface area contributed by atoms with Crippen molar-refractivity contribution < 1.29 is 27.6 Å². The highest BCUT2D eigenvalue weighted by Crippen LogP contribution is 2.31. The van der Waals surface area contributed by atoms with Gasteiger partial charge in [-0.25, -0.2) is 4.98 Å². The molecule has 3 rings (SSSR count). The zero-order chi connectivity index (χ0) is 25.8. The lowest BCUT2D eigenvalue weighted by Gasteiger charge is -2.22. The van der Waals surface area contributed by atoms with Crippen LogP contribution in [0.5, 0.6) is 0 Å². The minimum atomic E-state index is -4.76. The Balaban J connectivity index is 1.62. The molecule has 0 amide bonds. The summed E-state index contributed by atoms with van der Waals surface area (Å²) in [5.41, 5.74) is 1.72. The van der Waals surface area contributed by atoms with Crippen molar-refractivity contribution in [3.63, 3.8) is 0 Å². The number of aryl methyl sites for hydroxylation is 2. The molecule has 0 radical (unpaired) electrons. The molecule has 2 heterocycles. The summed E-state index contributed by atoms with van der Waals surface area (Å²) in [4.78, 5) is 30.7. The number of rotatable bonds is 8. The van der Waals surface area contributed by atoms with E-state index in [0.29, 0.717) is 0 Å². The van der Waals surface area contributed by atoms with Gasteiger partial charge in [-0.05, 0) is 63.8 Å². The number of carbonyl (C=O) groups is 1. The van der Waals surface area contributed by atoms with Crippen molar-refractivity contribution >= 4 is 17.2 Å². The molecule has 0 spiro atoms. The zero-order valence-electron chi connectivity index (χ0n) is 20.5. The Morgan fingerprint density at radius 2 is 1.74 bits per heavy atom. The largest absolute Gasteiger partial charge is 0.434 e. The monoisotopic (exact) mass is 490 g/mol. The summed E-state index contributed by atoms with van der Waals surface area (Å²) in [6.45, 7) is 8.68. The first-order valence-corrected chi connectivity index (χ1v) is 11.3. The van der Waals surface area contributed by atoms with Gasteiger partial charge in [-0.3, -0.25) is 9.78 Å². The number of aromatic nitrogens is 2. The van der Waals surface area contributed by atoms with Gasteiger partial charge >= 0.3 is 6.18 Å². The van der Waals surface area contributed by atoms with E-state index in [9.17, 15) is 18.0 Å². The predicted molar refractivity (Wildman–Crippen MR) is 126 cm³/mol. The highest BCUT2D eigenvalue weighted by atomic mass is 19.4. The highest BCUT2D eigenvalue weighted by Gasteiger charge is 2.37. The average Bonchev–Trinajstić information content (AvgIpc) is 2.78. The van der Waals surface area contributed by atoms with Gasteiger partial charge < -0.3 is 9.68 Å². The van der Waals surface area contributed by atoms with E-state index >= 15 is 0 Å². The molecule has 1 aliphatic rings. The summed E-state index contributed by atoms with van der Waals surface area (Å²) in [6, 6.07) is 6.48. The van der Waals surface area contributed by atoms with Crippen LogP contribution in [0.3, 0.4) is 0 Å². The maximum atomic E-state index is 13.3. The molecule has 188 valence electrons. The van der Waals surface area contributed by atoms with Crippen LogP contribution in [0.25, 0.3) is 0 Å². The molecule has 0 saturated carbocycles. The second-order valence-corrected chi connectivity index (χ2v) is 9.39. The zero-order valence-corrected chi connectivity index (χ0v) is 20.5. The fourth-order valence-electron chi connectivity index (χ4n) is 3.53. The van der Waals surface area contributed by atoms with E-state index in [4.69, 9.17) is 9.68 Å². The summed E-state index contributed by atoms with van der Waals surface area (Å²) in [6.07, 6.45) is -2.02. The van der Waals surface area contributed by atoms with Crippen LogP contribution in [-0.4, -0.2) is 40.4 Å². The number of oxime groups is 2. The van der Waals surface area contributed by atoms with Gasteiger partial charge in [0.2, 0.25) is 0 Å². The fraction of sp³-hybridized carbons (Fsp3) is 0.480. The Labute approximate surface area is 202 Å². The average molecular weight is 491 g/mol. The smallest absolute Gasteiger partial charge is 0.395 e. The Morgan fingerprint density at radius 1 is 1.03 bits per heavy atom. The second kappa shape index (κ2) is 10.5. The standard InChI is InChI=1S/C25H29F3N4O3/c1-15-9-10-18-7-6-8-21(22(18)29-15)32-35-14-24(4,5)13-34-31-16(2)20-12-11-19(17(3)33)23(30-20)25(26,27)28/h9-12H,6-8,13-14H2,1-5H3/b31-16-,32-21+. The molecule has 0 unspecified atom stereocenters. The molecule has 2 aromatic rings. The van der Waals surface area contributed by atoms with Crippen LogP contribution >= 0.6 is 0 Å². The van der Waals surface area contributed by atoms with E-state index in [1.54, 1.807) is 0 Å². The van der Waals surface area contributed by atoms with E-state index in [-0.39, 0.29) is 24.6 Å². The normalized spacial score (nSPS) is 15.7. The summed E-state index contributed by atoms with van der Waals surface area (Å²) in [7, 11) is 0. The van der Waals surface area contributed by atoms with Crippen LogP contribution in [-0.2, 0) is 22.3 Å². The van der Waals surface area contributed by atoms with Gasteiger partial charge in [0.1, 0.15) is 24.6 Å². The van der Waals surface area contributed by atoms with E-state index in [1.807, 2.05) is 26.8 Å². The van der Waals surface area contributed by atoms with Gasteiger partial charge in [0.05, 0.1) is 11.4 Å². The number of halogens is 3. The van der Waals surface area contributed by atoms with Gasteiger partial charge in [-0.1, -0.05) is 30.2 Å². The first kappa shape index (κ1) is 26.3. The molecule has 0 saturated heterocycles. The third-order valence-corrected chi connectivity index (χ3v) is 5.45. The van der Waals surface area contributed by atoms with Crippen molar-refractivity contribution in [3.8, 4) is 0 Å². The van der Waals surface area contributed by atoms with E-state index in [0.717, 1.165) is 54.9 Å². The highest BCUT2D eigenvalue weighted by molar-refractivity contribution is 6.01. The molecule has 35 heavy (non-hydrogen) atoms.